The topological polar surface area (TPSA) is 28.9 Å². The average Bonchev–Trinajstić information content (AvgIpc) is 2.59. The SMILES string of the molecule is Fc1ccc2c(c1)Cc1oc(=S)[nH]c1-2. The molecule has 1 aliphatic carbocycles. The third-order valence-electron chi connectivity index (χ3n) is 2.41. The fraction of sp³-hybridized carbons (Fsp3) is 0.100. The largest absolute Gasteiger partial charge is 0.434 e. The van der Waals surface area contributed by atoms with Crippen LogP contribution < -0.4 is 0 Å². The fourth-order valence-electron chi connectivity index (χ4n) is 1.83. The van der Waals surface area contributed by atoms with Crippen molar-refractivity contribution in [2.45, 2.75) is 6.42 Å². The van der Waals surface area contributed by atoms with Crippen LogP contribution >= 0.6 is 12.2 Å². The van der Waals surface area contributed by atoms with Crippen LogP contribution in [0.2, 0.25) is 0 Å². The molecule has 3 rings (SSSR count). The number of aromatic nitrogens is 1. The lowest BCUT2D eigenvalue weighted by atomic mass is 10.1. The molecule has 0 amide bonds. The Bertz CT molecular complexity index is 570. The van der Waals surface area contributed by atoms with Gasteiger partial charge in [0, 0.05) is 12.0 Å². The molecule has 1 N–H and O–H groups in total. The number of fused-ring (bicyclic) bond motifs is 3. The molecule has 1 heterocycles. The first kappa shape index (κ1) is 7.94. The third-order valence-corrected chi connectivity index (χ3v) is 2.59. The molecule has 0 fully saturated rings. The molecule has 0 atom stereocenters. The van der Waals surface area contributed by atoms with E-state index in [1.54, 1.807) is 6.07 Å². The molecule has 0 bridgehead atoms. The number of hydrogen-bond donors (Lipinski definition) is 1. The number of H-pyrrole nitrogens is 1. The average molecular weight is 207 g/mol. The van der Waals surface area contributed by atoms with E-state index in [1.165, 1.54) is 12.1 Å². The van der Waals surface area contributed by atoms with Crippen molar-refractivity contribution in [2.75, 3.05) is 0 Å². The second kappa shape index (κ2) is 2.54. The fourth-order valence-corrected chi connectivity index (χ4v) is 2.03. The summed E-state index contributed by atoms with van der Waals surface area (Å²) in [5.74, 6) is 0.586. The summed E-state index contributed by atoms with van der Waals surface area (Å²) in [6.07, 6.45) is 0.621. The minimum atomic E-state index is -0.215. The van der Waals surface area contributed by atoms with E-state index in [4.69, 9.17) is 16.6 Å². The Hall–Kier alpha value is -1.42. The van der Waals surface area contributed by atoms with E-state index in [9.17, 15) is 4.39 Å². The number of aromatic amines is 1. The summed E-state index contributed by atoms with van der Waals surface area (Å²) >= 11 is 4.88. The summed E-state index contributed by atoms with van der Waals surface area (Å²) in [6, 6.07) is 4.72. The molecule has 1 aliphatic rings. The number of nitrogens with one attached hydrogen (secondary N) is 1. The van der Waals surface area contributed by atoms with Gasteiger partial charge in [0.05, 0.1) is 5.69 Å². The highest BCUT2D eigenvalue weighted by molar-refractivity contribution is 7.71. The van der Waals surface area contributed by atoms with Crippen LogP contribution in [0.1, 0.15) is 11.3 Å². The quantitative estimate of drug-likeness (QED) is 0.574. The molecule has 0 radical (unpaired) electrons. The molecule has 70 valence electrons. The summed E-state index contributed by atoms with van der Waals surface area (Å²) < 4.78 is 18.2. The highest BCUT2D eigenvalue weighted by Crippen LogP contribution is 2.35. The van der Waals surface area contributed by atoms with Crippen LogP contribution in [-0.4, -0.2) is 4.98 Å². The third kappa shape index (κ3) is 0.974. The van der Waals surface area contributed by atoms with E-state index in [2.05, 4.69) is 4.98 Å². The first-order valence-corrected chi connectivity index (χ1v) is 4.65. The predicted molar refractivity (Wildman–Crippen MR) is 52.1 cm³/mol. The number of hydrogen-bond acceptors (Lipinski definition) is 2. The van der Waals surface area contributed by atoms with E-state index in [0.717, 1.165) is 22.6 Å². The molecular weight excluding hydrogens is 201 g/mol. The van der Waals surface area contributed by atoms with Crippen LogP contribution in [0.25, 0.3) is 11.3 Å². The Morgan fingerprint density at radius 3 is 3.14 bits per heavy atom. The molecular formula is C10H6FNOS. The standard InChI is InChI=1S/C10H6FNOS/c11-6-1-2-7-5(3-6)4-8-9(7)12-10(14)13-8/h1-3H,4H2,(H,12,14). The van der Waals surface area contributed by atoms with Gasteiger partial charge >= 0.3 is 0 Å². The van der Waals surface area contributed by atoms with E-state index < -0.39 is 0 Å². The number of rotatable bonds is 0. The van der Waals surface area contributed by atoms with Gasteiger partial charge in [-0.15, -0.1) is 0 Å². The van der Waals surface area contributed by atoms with Gasteiger partial charge in [0.2, 0.25) is 0 Å². The normalized spacial score (nSPS) is 12.6. The zero-order valence-electron chi connectivity index (χ0n) is 7.13. The van der Waals surface area contributed by atoms with Crippen LogP contribution in [0, 0.1) is 10.7 Å². The number of halogens is 1. The predicted octanol–water partition coefficient (Wildman–Crippen LogP) is 3.05. The second-order valence-electron chi connectivity index (χ2n) is 3.29. The molecule has 14 heavy (non-hydrogen) atoms. The molecule has 1 aromatic heterocycles. The van der Waals surface area contributed by atoms with Crippen molar-refractivity contribution >= 4 is 12.2 Å². The van der Waals surface area contributed by atoms with Gasteiger partial charge < -0.3 is 9.40 Å². The summed E-state index contributed by atoms with van der Waals surface area (Å²) in [7, 11) is 0. The van der Waals surface area contributed by atoms with Gasteiger partial charge in [0.25, 0.3) is 4.84 Å². The Morgan fingerprint density at radius 1 is 1.43 bits per heavy atom. The van der Waals surface area contributed by atoms with Crippen molar-refractivity contribution in [1.82, 2.24) is 4.98 Å². The lowest BCUT2D eigenvalue weighted by Gasteiger charge is -1.97. The van der Waals surface area contributed by atoms with Crippen LogP contribution in [0.3, 0.4) is 0 Å². The zero-order valence-corrected chi connectivity index (χ0v) is 7.95. The summed E-state index contributed by atoms with van der Waals surface area (Å²) in [6.45, 7) is 0. The van der Waals surface area contributed by atoms with Crippen molar-refractivity contribution in [3.63, 3.8) is 0 Å². The minimum Gasteiger partial charge on any atom is -0.434 e. The van der Waals surface area contributed by atoms with Gasteiger partial charge in [0.1, 0.15) is 11.6 Å². The van der Waals surface area contributed by atoms with E-state index in [-0.39, 0.29) is 5.82 Å². The first-order chi connectivity index (χ1) is 6.74. The van der Waals surface area contributed by atoms with Gasteiger partial charge in [-0.25, -0.2) is 4.39 Å². The summed E-state index contributed by atoms with van der Waals surface area (Å²) in [5.41, 5.74) is 2.83. The van der Waals surface area contributed by atoms with Gasteiger partial charge in [-0.05, 0) is 36.0 Å². The van der Waals surface area contributed by atoms with Crippen molar-refractivity contribution in [2.24, 2.45) is 0 Å². The van der Waals surface area contributed by atoms with Crippen molar-refractivity contribution in [1.29, 1.82) is 0 Å². The molecule has 2 aromatic rings. The van der Waals surface area contributed by atoms with Gasteiger partial charge in [-0.3, -0.25) is 0 Å². The van der Waals surface area contributed by atoms with Gasteiger partial charge in [-0.2, -0.15) is 0 Å². The Kier molecular flexibility index (Phi) is 1.44. The second-order valence-corrected chi connectivity index (χ2v) is 3.66. The highest BCUT2D eigenvalue weighted by Gasteiger charge is 2.22. The van der Waals surface area contributed by atoms with Crippen molar-refractivity contribution in [3.8, 4) is 11.3 Å². The lowest BCUT2D eigenvalue weighted by molar-refractivity contribution is 0.502. The molecule has 4 heteroatoms. The minimum absolute atomic E-state index is 0.215. The number of benzene rings is 1. The van der Waals surface area contributed by atoms with E-state index in [0.29, 0.717) is 11.3 Å². The lowest BCUT2D eigenvalue weighted by Crippen LogP contribution is -1.83. The number of oxazole rings is 1. The molecule has 0 aliphatic heterocycles. The molecule has 1 aromatic carbocycles. The monoisotopic (exact) mass is 207 g/mol. The van der Waals surface area contributed by atoms with Crippen LogP contribution in [-0.2, 0) is 6.42 Å². The van der Waals surface area contributed by atoms with E-state index in [1.807, 2.05) is 0 Å². The van der Waals surface area contributed by atoms with Gasteiger partial charge in [0.15, 0.2) is 0 Å². The first-order valence-electron chi connectivity index (χ1n) is 4.25. The maximum Gasteiger partial charge on any atom is 0.266 e. The van der Waals surface area contributed by atoms with Crippen molar-refractivity contribution in [3.05, 3.63) is 40.2 Å². The van der Waals surface area contributed by atoms with E-state index >= 15 is 0 Å². The summed E-state index contributed by atoms with van der Waals surface area (Å²) in [5, 5.41) is 0. The molecule has 0 saturated heterocycles. The highest BCUT2D eigenvalue weighted by atomic mass is 32.1. The Labute approximate surface area is 84.4 Å². The zero-order chi connectivity index (χ0) is 9.71. The molecule has 0 unspecified atom stereocenters. The van der Waals surface area contributed by atoms with Crippen LogP contribution in [0.15, 0.2) is 22.6 Å². The molecule has 2 nitrogen and oxygen atoms in total. The smallest absolute Gasteiger partial charge is 0.266 e. The van der Waals surface area contributed by atoms with Gasteiger partial charge in [-0.1, -0.05) is 0 Å². The maximum absolute atomic E-state index is 12.9. The maximum atomic E-state index is 12.9. The Morgan fingerprint density at radius 2 is 2.29 bits per heavy atom. The Balaban J connectivity index is 2.30. The van der Waals surface area contributed by atoms with Crippen LogP contribution in [0.4, 0.5) is 4.39 Å². The molecule has 0 saturated carbocycles. The summed E-state index contributed by atoms with van der Waals surface area (Å²) in [4.78, 5) is 3.34. The van der Waals surface area contributed by atoms with Crippen LogP contribution in [0.5, 0.6) is 0 Å². The molecule has 0 spiro atoms. The van der Waals surface area contributed by atoms with Crippen molar-refractivity contribution < 1.29 is 8.81 Å².